The van der Waals surface area contributed by atoms with Gasteiger partial charge in [0.05, 0.1) is 21.2 Å². The minimum Gasteiger partial charge on any atom is -0.396 e. The fourth-order valence-corrected chi connectivity index (χ4v) is 1.85. The summed E-state index contributed by atoms with van der Waals surface area (Å²) >= 11 is 11.9. The van der Waals surface area contributed by atoms with Crippen LogP contribution in [0.1, 0.15) is 5.69 Å². The average molecular weight is 227 g/mol. The lowest BCUT2D eigenvalue weighted by atomic mass is 10.2. The molecule has 0 saturated heterocycles. The molecule has 0 radical (unpaired) electrons. The molecule has 2 aromatic rings. The Morgan fingerprint density at radius 2 is 1.93 bits per heavy atom. The molecule has 0 aliphatic rings. The van der Waals surface area contributed by atoms with Gasteiger partial charge in [0.2, 0.25) is 0 Å². The number of rotatable bonds is 0. The van der Waals surface area contributed by atoms with E-state index in [0.29, 0.717) is 21.2 Å². The van der Waals surface area contributed by atoms with Gasteiger partial charge in [0.15, 0.2) is 0 Å². The number of aromatic nitrogens is 1. The molecule has 0 amide bonds. The fourth-order valence-electron chi connectivity index (χ4n) is 1.33. The summed E-state index contributed by atoms with van der Waals surface area (Å²) in [5, 5.41) is 1.85. The lowest BCUT2D eigenvalue weighted by Gasteiger charge is -2.06. The van der Waals surface area contributed by atoms with E-state index in [9.17, 15) is 0 Å². The van der Waals surface area contributed by atoms with Gasteiger partial charge >= 0.3 is 0 Å². The number of nitrogen functional groups attached to an aromatic ring is 1. The van der Waals surface area contributed by atoms with Gasteiger partial charge in [0, 0.05) is 11.1 Å². The molecule has 72 valence electrons. The normalized spacial score (nSPS) is 10.8. The topological polar surface area (TPSA) is 38.9 Å². The number of aryl methyl sites for hydroxylation is 1. The Hall–Kier alpha value is -0.990. The van der Waals surface area contributed by atoms with Crippen LogP contribution in [0.15, 0.2) is 18.2 Å². The number of fused-ring (bicyclic) bond motifs is 1. The molecule has 2 nitrogen and oxygen atoms in total. The van der Waals surface area contributed by atoms with Gasteiger partial charge in [0.1, 0.15) is 0 Å². The van der Waals surface area contributed by atoms with Crippen LogP contribution in [-0.4, -0.2) is 4.98 Å². The molecular weight excluding hydrogens is 219 g/mol. The largest absolute Gasteiger partial charge is 0.396 e. The number of halogens is 2. The van der Waals surface area contributed by atoms with E-state index in [1.807, 2.05) is 19.1 Å². The van der Waals surface area contributed by atoms with Crippen LogP contribution >= 0.6 is 23.2 Å². The highest BCUT2D eigenvalue weighted by atomic mass is 35.5. The van der Waals surface area contributed by atoms with Crippen LogP contribution in [0.25, 0.3) is 10.9 Å². The molecule has 2 rings (SSSR count). The first-order valence-corrected chi connectivity index (χ1v) is 4.86. The zero-order chi connectivity index (χ0) is 10.3. The third kappa shape index (κ3) is 1.41. The molecule has 4 heteroatoms. The zero-order valence-corrected chi connectivity index (χ0v) is 9.02. The van der Waals surface area contributed by atoms with Crippen LogP contribution in [-0.2, 0) is 0 Å². The summed E-state index contributed by atoms with van der Waals surface area (Å²) in [4.78, 5) is 4.30. The molecule has 0 bridgehead atoms. The van der Waals surface area contributed by atoms with Crippen molar-refractivity contribution in [3.8, 4) is 0 Å². The molecular formula is C10H8Cl2N2. The van der Waals surface area contributed by atoms with Gasteiger partial charge in [-0.05, 0) is 25.1 Å². The van der Waals surface area contributed by atoms with Gasteiger partial charge in [0.25, 0.3) is 0 Å². The maximum atomic E-state index is 6.01. The average Bonchev–Trinajstić information content (AvgIpc) is 2.14. The van der Waals surface area contributed by atoms with Crippen molar-refractivity contribution in [1.82, 2.24) is 4.98 Å². The maximum absolute atomic E-state index is 6.01. The number of anilines is 1. The van der Waals surface area contributed by atoms with E-state index in [1.54, 1.807) is 6.07 Å². The Balaban J connectivity index is 2.95. The predicted molar refractivity (Wildman–Crippen MR) is 60.9 cm³/mol. The monoisotopic (exact) mass is 226 g/mol. The SMILES string of the molecule is Cc1ccc2c(Cl)cc(Cl)c(N)c2n1. The number of hydrogen-bond acceptors (Lipinski definition) is 2. The molecule has 14 heavy (non-hydrogen) atoms. The maximum Gasteiger partial charge on any atom is 0.0964 e. The summed E-state index contributed by atoms with van der Waals surface area (Å²) in [6.45, 7) is 1.90. The number of pyridine rings is 1. The molecule has 0 unspecified atom stereocenters. The number of nitrogens with two attached hydrogens (primary N) is 1. The molecule has 0 spiro atoms. The Morgan fingerprint density at radius 1 is 1.21 bits per heavy atom. The minimum atomic E-state index is 0.445. The molecule has 0 aliphatic carbocycles. The Morgan fingerprint density at radius 3 is 2.64 bits per heavy atom. The molecule has 0 aliphatic heterocycles. The van der Waals surface area contributed by atoms with Gasteiger partial charge < -0.3 is 5.73 Å². The molecule has 1 aromatic carbocycles. The smallest absolute Gasteiger partial charge is 0.0964 e. The van der Waals surface area contributed by atoms with Gasteiger partial charge in [-0.1, -0.05) is 23.2 Å². The standard InChI is InChI=1S/C10H8Cl2N2/c1-5-2-3-6-7(11)4-8(12)9(13)10(6)14-5/h2-4H,13H2,1H3. The second-order valence-corrected chi connectivity index (χ2v) is 3.92. The Bertz CT molecular complexity index is 509. The first-order chi connectivity index (χ1) is 6.59. The zero-order valence-electron chi connectivity index (χ0n) is 7.51. The summed E-state index contributed by atoms with van der Waals surface area (Å²) < 4.78 is 0. The van der Waals surface area contributed by atoms with E-state index in [0.717, 1.165) is 11.1 Å². The van der Waals surface area contributed by atoms with E-state index in [-0.39, 0.29) is 0 Å². The third-order valence-electron chi connectivity index (χ3n) is 2.06. The fraction of sp³-hybridized carbons (Fsp3) is 0.100. The summed E-state index contributed by atoms with van der Waals surface area (Å²) in [6.07, 6.45) is 0. The van der Waals surface area contributed by atoms with Gasteiger partial charge in [-0.2, -0.15) is 0 Å². The Labute approximate surface area is 91.6 Å². The lowest BCUT2D eigenvalue weighted by Crippen LogP contribution is -1.93. The molecule has 1 aromatic heterocycles. The predicted octanol–water partition coefficient (Wildman–Crippen LogP) is 3.43. The first-order valence-electron chi connectivity index (χ1n) is 4.10. The third-order valence-corrected chi connectivity index (χ3v) is 2.68. The van der Waals surface area contributed by atoms with Crippen LogP contribution in [0.4, 0.5) is 5.69 Å². The minimum absolute atomic E-state index is 0.445. The summed E-state index contributed by atoms with van der Waals surface area (Å²) in [5.41, 5.74) is 7.84. The molecule has 1 heterocycles. The highest BCUT2D eigenvalue weighted by Crippen LogP contribution is 2.33. The quantitative estimate of drug-likeness (QED) is 0.700. The van der Waals surface area contributed by atoms with Crippen LogP contribution in [0.2, 0.25) is 10.0 Å². The van der Waals surface area contributed by atoms with Crippen LogP contribution in [0.3, 0.4) is 0 Å². The summed E-state index contributed by atoms with van der Waals surface area (Å²) in [6, 6.07) is 5.42. The highest BCUT2D eigenvalue weighted by Gasteiger charge is 2.08. The van der Waals surface area contributed by atoms with E-state index in [4.69, 9.17) is 28.9 Å². The van der Waals surface area contributed by atoms with E-state index < -0.39 is 0 Å². The molecule has 2 N–H and O–H groups in total. The molecule has 0 atom stereocenters. The second kappa shape index (κ2) is 3.30. The van der Waals surface area contributed by atoms with E-state index in [1.165, 1.54) is 0 Å². The lowest BCUT2D eigenvalue weighted by molar-refractivity contribution is 1.26. The molecule has 0 saturated carbocycles. The summed E-state index contributed by atoms with van der Waals surface area (Å²) in [7, 11) is 0. The van der Waals surface area contributed by atoms with Crippen molar-refractivity contribution >= 4 is 39.8 Å². The van der Waals surface area contributed by atoms with E-state index in [2.05, 4.69) is 4.98 Å². The van der Waals surface area contributed by atoms with Gasteiger partial charge in [-0.15, -0.1) is 0 Å². The highest BCUT2D eigenvalue weighted by molar-refractivity contribution is 6.40. The van der Waals surface area contributed by atoms with Crippen LogP contribution in [0.5, 0.6) is 0 Å². The van der Waals surface area contributed by atoms with Crippen molar-refractivity contribution in [3.63, 3.8) is 0 Å². The van der Waals surface area contributed by atoms with Gasteiger partial charge in [-0.25, -0.2) is 0 Å². The van der Waals surface area contributed by atoms with Crippen LogP contribution < -0.4 is 5.73 Å². The van der Waals surface area contributed by atoms with Crippen molar-refractivity contribution in [1.29, 1.82) is 0 Å². The second-order valence-electron chi connectivity index (χ2n) is 3.10. The van der Waals surface area contributed by atoms with Gasteiger partial charge in [-0.3, -0.25) is 4.98 Å². The number of benzene rings is 1. The molecule has 0 fully saturated rings. The first kappa shape index (κ1) is 9.56. The van der Waals surface area contributed by atoms with Crippen molar-refractivity contribution in [2.75, 3.05) is 5.73 Å². The number of nitrogens with zero attached hydrogens (tertiary/aromatic N) is 1. The van der Waals surface area contributed by atoms with Crippen molar-refractivity contribution in [2.24, 2.45) is 0 Å². The Kier molecular flexibility index (Phi) is 2.25. The summed E-state index contributed by atoms with van der Waals surface area (Å²) in [5.74, 6) is 0. The van der Waals surface area contributed by atoms with Crippen molar-refractivity contribution in [2.45, 2.75) is 6.92 Å². The number of hydrogen-bond donors (Lipinski definition) is 1. The van der Waals surface area contributed by atoms with Crippen molar-refractivity contribution < 1.29 is 0 Å². The van der Waals surface area contributed by atoms with Crippen LogP contribution in [0, 0.1) is 6.92 Å². The van der Waals surface area contributed by atoms with Crippen molar-refractivity contribution in [3.05, 3.63) is 33.9 Å². The van der Waals surface area contributed by atoms with E-state index >= 15 is 0 Å².